The molecule has 0 spiro atoms. The van der Waals surface area contributed by atoms with Gasteiger partial charge in [0.1, 0.15) is 4.88 Å². The number of nitrogens with two attached hydrogens (primary N) is 1. The molecular weight excluding hydrogens is 256 g/mol. The molecule has 3 nitrogen and oxygen atoms in total. The molecule has 0 saturated carbocycles. The minimum Gasteiger partial charge on any atom is -0.397 e. The fourth-order valence-corrected chi connectivity index (χ4v) is 2.61. The van der Waals surface area contributed by atoms with Gasteiger partial charge in [-0.05, 0) is 35.9 Å². The van der Waals surface area contributed by atoms with Crippen molar-refractivity contribution >= 4 is 22.9 Å². The van der Waals surface area contributed by atoms with Gasteiger partial charge in [0.25, 0.3) is 5.91 Å². The molecule has 0 bridgehead atoms. The molecule has 19 heavy (non-hydrogen) atoms. The maximum Gasteiger partial charge on any atom is 0.263 e. The molecule has 2 rings (SSSR count). The first-order valence-corrected chi connectivity index (χ1v) is 7.22. The highest BCUT2D eigenvalue weighted by Crippen LogP contribution is 2.20. The smallest absolute Gasteiger partial charge is 0.263 e. The summed E-state index contributed by atoms with van der Waals surface area (Å²) in [5.74, 6) is -0.112. The lowest BCUT2D eigenvalue weighted by Gasteiger charge is -2.14. The number of anilines is 1. The minimum atomic E-state index is -0.112. The molecule has 1 heterocycles. The zero-order valence-corrected chi connectivity index (χ0v) is 12.0. The zero-order valence-electron chi connectivity index (χ0n) is 11.1. The lowest BCUT2D eigenvalue weighted by molar-refractivity contribution is 0.0945. The fourth-order valence-electron chi connectivity index (χ4n) is 1.89. The summed E-state index contributed by atoms with van der Waals surface area (Å²) in [5.41, 5.74) is 8.68. The fraction of sp³-hybridized carbons (Fsp3) is 0.267. The second kappa shape index (κ2) is 5.89. The predicted octanol–water partition coefficient (Wildman–Crippen LogP) is 3.38. The molecule has 1 aromatic heterocycles. The Morgan fingerprint density at radius 2 is 2.00 bits per heavy atom. The molecule has 0 saturated heterocycles. The van der Waals surface area contributed by atoms with Gasteiger partial charge in [-0.3, -0.25) is 4.79 Å². The Morgan fingerprint density at radius 3 is 2.53 bits per heavy atom. The Bertz CT molecular complexity index is 560. The van der Waals surface area contributed by atoms with E-state index in [-0.39, 0.29) is 11.9 Å². The number of thiophene rings is 1. The van der Waals surface area contributed by atoms with Crippen LogP contribution in [0.5, 0.6) is 0 Å². The van der Waals surface area contributed by atoms with E-state index in [0.29, 0.717) is 10.6 Å². The van der Waals surface area contributed by atoms with Gasteiger partial charge in [-0.1, -0.05) is 31.2 Å². The summed E-state index contributed by atoms with van der Waals surface area (Å²) >= 11 is 1.36. The molecule has 0 radical (unpaired) electrons. The van der Waals surface area contributed by atoms with Crippen LogP contribution in [0.3, 0.4) is 0 Å². The number of hydrogen-bond acceptors (Lipinski definition) is 3. The van der Waals surface area contributed by atoms with E-state index in [1.807, 2.05) is 12.3 Å². The molecule has 0 aliphatic carbocycles. The number of carbonyl (C=O) groups excluding carboxylic acids is 1. The standard InChI is InChI=1S/C15H18N2OS/c1-3-11-4-6-12(7-5-11)10(2)17-15(18)14-13(16)8-9-19-14/h4-10H,3,16H2,1-2H3,(H,17,18). The van der Waals surface area contributed by atoms with Crippen molar-refractivity contribution in [2.24, 2.45) is 0 Å². The third-order valence-electron chi connectivity index (χ3n) is 3.14. The van der Waals surface area contributed by atoms with E-state index in [1.165, 1.54) is 16.9 Å². The van der Waals surface area contributed by atoms with Crippen molar-refractivity contribution in [2.75, 3.05) is 5.73 Å². The van der Waals surface area contributed by atoms with Crippen LogP contribution in [0.25, 0.3) is 0 Å². The first-order chi connectivity index (χ1) is 9.11. The average Bonchev–Trinajstić information content (AvgIpc) is 2.85. The van der Waals surface area contributed by atoms with Crippen molar-refractivity contribution in [1.82, 2.24) is 5.32 Å². The number of hydrogen-bond donors (Lipinski definition) is 2. The van der Waals surface area contributed by atoms with Crippen LogP contribution in [0.1, 0.15) is 40.7 Å². The molecule has 3 N–H and O–H groups in total. The first-order valence-electron chi connectivity index (χ1n) is 6.34. The Kier molecular flexibility index (Phi) is 4.22. The summed E-state index contributed by atoms with van der Waals surface area (Å²) in [6.07, 6.45) is 1.02. The molecule has 2 aromatic rings. The number of benzene rings is 1. The van der Waals surface area contributed by atoms with E-state index >= 15 is 0 Å². The average molecular weight is 274 g/mol. The summed E-state index contributed by atoms with van der Waals surface area (Å²) in [4.78, 5) is 12.6. The largest absolute Gasteiger partial charge is 0.397 e. The number of amides is 1. The van der Waals surface area contributed by atoms with Crippen LogP contribution in [0.2, 0.25) is 0 Å². The Hall–Kier alpha value is -1.81. The summed E-state index contributed by atoms with van der Waals surface area (Å²) in [7, 11) is 0. The molecule has 0 fully saturated rings. The van der Waals surface area contributed by atoms with Gasteiger partial charge < -0.3 is 11.1 Å². The SMILES string of the molecule is CCc1ccc(C(C)NC(=O)c2sccc2N)cc1. The molecule has 4 heteroatoms. The molecule has 1 atom stereocenters. The minimum absolute atomic E-state index is 0.0279. The molecule has 0 aliphatic heterocycles. The predicted molar refractivity (Wildman–Crippen MR) is 80.4 cm³/mol. The monoisotopic (exact) mass is 274 g/mol. The molecule has 0 aliphatic rings. The van der Waals surface area contributed by atoms with Gasteiger partial charge in [0.15, 0.2) is 0 Å². The van der Waals surface area contributed by atoms with Gasteiger partial charge >= 0.3 is 0 Å². The van der Waals surface area contributed by atoms with E-state index in [2.05, 4.69) is 36.5 Å². The highest BCUT2D eigenvalue weighted by atomic mass is 32.1. The van der Waals surface area contributed by atoms with Crippen LogP contribution in [-0.4, -0.2) is 5.91 Å². The van der Waals surface area contributed by atoms with Gasteiger partial charge in [-0.25, -0.2) is 0 Å². The van der Waals surface area contributed by atoms with Crippen LogP contribution >= 0.6 is 11.3 Å². The van der Waals surface area contributed by atoms with E-state index < -0.39 is 0 Å². The topological polar surface area (TPSA) is 55.1 Å². The Balaban J connectivity index is 2.06. The highest BCUT2D eigenvalue weighted by molar-refractivity contribution is 7.12. The van der Waals surface area contributed by atoms with Gasteiger partial charge in [0.2, 0.25) is 0 Å². The second-order valence-corrected chi connectivity index (χ2v) is 5.41. The lowest BCUT2D eigenvalue weighted by Crippen LogP contribution is -2.26. The van der Waals surface area contributed by atoms with E-state index in [0.717, 1.165) is 12.0 Å². The number of aryl methyl sites for hydroxylation is 1. The van der Waals surface area contributed by atoms with Crippen LogP contribution in [-0.2, 0) is 6.42 Å². The third kappa shape index (κ3) is 3.15. The van der Waals surface area contributed by atoms with Crippen LogP contribution in [0, 0.1) is 0 Å². The van der Waals surface area contributed by atoms with E-state index in [1.54, 1.807) is 6.07 Å². The Labute approximate surface area is 117 Å². The van der Waals surface area contributed by atoms with Crippen molar-refractivity contribution in [3.05, 3.63) is 51.7 Å². The van der Waals surface area contributed by atoms with Gasteiger partial charge in [-0.2, -0.15) is 0 Å². The third-order valence-corrected chi connectivity index (χ3v) is 4.07. The van der Waals surface area contributed by atoms with Gasteiger partial charge in [-0.15, -0.1) is 11.3 Å². The van der Waals surface area contributed by atoms with Crippen LogP contribution in [0.15, 0.2) is 35.7 Å². The number of rotatable bonds is 4. The van der Waals surface area contributed by atoms with Gasteiger partial charge in [0.05, 0.1) is 11.7 Å². The summed E-state index contributed by atoms with van der Waals surface area (Å²) < 4.78 is 0. The molecular formula is C15H18N2OS. The summed E-state index contributed by atoms with van der Waals surface area (Å²) in [6, 6.07) is 10.0. The first kappa shape index (κ1) is 13.6. The maximum atomic E-state index is 12.1. The maximum absolute atomic E-state index is 12.1. The molecule has 100 valence electrons. The quantitative estimate of drug-likeness (QED) is 0.898. The van der Waals surface area contributed by atoms with Crippen molar-refractivity contribution in [3.8, 4) is 0 Å². The molecule has 1 aromatic carbocycles. The van der Waals surface area contributed by atoms with Crippen LogP contribution in [0.4, 0.5) is 5.69 Å². The summed E-state index contributed by atoms with van der Waals surface area (Å²) in [6.45, 7) is 4.10. The second-order valence-electron chi connectivity index (χ2n) is 4.50. The number of nitrogen functional groups attached to an aromatic ring is 1. The van der Waals surface area contributed by atoms with E-state index in [9.17, 15) is 4.79 Å². The normalized spacial score (nSPS) is 12.1. The summed E-state index contributed by atoms with van der Waals surface area (Å²) in [5, 5.41) is 4.79. The number of nitrogens with one attached hydrogen (secondary N) is 1. The van der Waals surface area contributed by atoms with Crippen LogP contribution < -0.4 is 11.1 Å². The van der Waals surface area contributed by atoms with Crippen molar-refractivity contribution in [2.45, 2.75) is 26.3 Å². The zero-order chi connectivity index (χ0) is 13.8. The van der Waals surface area contributed by atoms with E-state index in [4.69, 9.17) is 5.73 Å². The highest BCUT2D eigenvalue weighted by Gasteiger charge is 2.14. The van der Waals surface area contributed by atoms with Crippen molar-refractivity contribution < 1.29 is 4.79 Å². The molecule has 1 amide bonds. The Morgan fingerprint density at radius 1 is 1.32 bits per heavy atom. The van der Waals surface area contributed by atoms with Crippen molar-refractivity contribution in [1.29, 1.82) is 0 Å². The van der Waals surface area contributed by atoms with Crippen molar-refractivity contribution in [3.63, 3.8) is 0 Å². The number of carbonyl (C=O) groups is 1. The van der Waals surface area contributed by atoms with Gasteiger partial charge in [0, 0.05) is 0 Å². The lowest BCUT2D eigenvalue weighted by atomic mass is 10.0. The molecule has 1 unspecified atom stereocenters.